The Hall–Kier alpha value is -1.15. The molecule has 2 rings (SSSR count). The summed E-state index contributed by atoms with van der Waals surface area (Å²) in [5.41, 5.74) is 7.12. The van der Waals surface area contributed by atoms with Crippen molar-refractivity contribution in [2.24, 2.45) is 0 Å². The number of ketones is 1. The van der Waals surface area contributed by atoms with E-state index in [0.717, 1.165) is 36.1 Å². The Morgan fingerprint density at radius 2 is 1.44 bits per heavy atom. The molecule has 18 heavy (non-hydrogen) atoms. The van der Waals surface area contributed by atoms with Crippen LogP contribution < -0.4 is 5.32 Å². The molecule has 1 heterocycles. The van der Waals surface area contributed by atoms with E-state index < -0.39 is 0 Å². The van der Waals surface area contributed by atoms with Crippen LogP contribution in [0.4, 0.5) is 0 Å². The molecule has 1 aliphatic heterocycles. The van der Waals surface area contributed by atoms with Crippen LogP contribution in [-0.2, 0) is 0 Å². The molecule has 1 N–H and O–H groups in total. The molecule has 1 atom stereocenters. The third-order valence-corrected chi connectivity index (χ3v) is 4.62. The molecule has 98 valence electrons. The van der Waals surface area contributed by atoms with Crippen molar-refractivity contribution in [2.75, 3.05) is 6.54 Å². The van der Waals surface area contributed by atoms with E-state index in [1.54, 1.807) is 0 Å². The highest BCUT2D eigenvalue weighted by Gasteiger charge is 2.27. The van der Waals surface area contributed by atoms with Gasteiger partial charge in [-0.1, -0.05) is 0 Å². The van der Waals surface area contributed by atoms with Gasteiger partial charge in [0, 0.05) is 5.56 Å². The first-order chi connectivity index (χ1) is 8.45. The molecule has 2 nitrogen and oxygen atoms in total. The maximum Gasteiger partial charge on any atom is 0.180 e. The van der Waals surface area contributed by atoms with Crippen LogP contribution in [0.3, 0.4) is 0 Å². The van der Waals surface area contributed by atoms with Gasteiger partial charge in [-0.2, -0.15) is 0 Å². The fraction of sp³-hybridized carbons (Fsp3) is 0.562. The van der Waals surface area contributed by atoms with E-state index >= 15 is 0 Å². The fourth-order valence-corrected chi connectivity index (χ4v) is 2.95. The monoisotopic (exact) mass is 245 g/mol. The zero-order valence-electron chi connectivity index (χ0n) is 12.1. The van der Waals surface area contributed by atoms with Crippen LogP contribution in [0.1, 0.15) is 51.0 Å². The summed E-state index contributed by atoms with van der Waals surface area (Å²) in [6, 6.07) is 0.0314. The Labute approximate surface area is 110 Å². The quantitative estimate of drug-likeness (QED) is 0.811. The summed E-state index contributed by atoms with van der Waals surface area (Å²) in [4.78, 5) is 12.6. The Kier molecular flexibility index (Phi) is 3.58. The molecular weight excluding hydrogens is 222 g/mol. The summed E-state index contributed by atoms with van der Waals surface area (Å²) in [6.45, 7) is 11.5. The minimum absolute atomic E-state index is 0.0314. The predicted molar refractivity (Wildman–Crippen MR) is 75.5 cm³/mol. The fourth-order valence-electron chi connectivity index (χ4n) is 2.95. The summed E-state index contributed by atoms with van der Waals surface area (Å²) in [7, 11) is 0. The van der Waals surface area contributed by atoms with Crippen molar-refractivity contribution in [3.63, 3.8) is 0 Å². The van der Waals surface area contributed by atoms with Crippen LogP contribution in [0, 0.1) is 34.6 Å². The number of benzene rings is 1. The Bertz CT molecular complexity index is 467. The SMILES string of the molecule is Cc1c(C)c(C)c(C(=O)C2CCCN2)c(C)c1C. The number of Topliss-reactive ketones (excluding diaryl/α,β-unsaturated/α-hetero) is 1. The van der Waals surface area contributed by atoms with Crippen molar-refractivity contribution in [3.8, 4) is 0 Å². The molecule has 0 amide bonds. The summed E-state index contributed by atoms with van der Waals surface area (Å²) in [5, 5.41) is 3.31. The average molecular weight is 245 g/mol. The largest absolute Gasteiger partial charge is 0.307 e. The van der Waals surface area contributed by atoms with Crippen molar-refractivity contribution in [1.29, 1.82) is 0 Å². The molecule has 0 bridgehead atoms. The van der Waals surface area contributed by atoms with E-state index in [1.165, 1.54) is 16.7 Å². The second-order valence-electron chi connectivity index (χ2n) is 5.51. The molecule has 0 saturated carbocycles. The number of carbonyl (C=O) groups excluding carboxylic acids is 1. The molecule has 0 aromatic heterocycles. The van der Waals surface area contributed by atoms with E-state index in [1.807, 2.05) is 0 Å². The first-order valence-electron chi connectivity index (χ1n) is 6.79. The summed E-state index contributed by atoms with van der Waals surface area (Å²) >= 11 is 0. The molecule has 1 aromatic rings. The van der Waals surface area contributed by atoms with Crippen LogP contribution in [0.2, 0.25) is 0 Å². The molecule has 0 aliphatic carbocycles. The van der Waals surface area contributed by atoms with Crippen LogP contribution in [0.5, 0.6) is 0 Å². The van der Waals surface area contributed by atoms with Gasteiger partial charge in [0.2, 0.25) is 0 Å². The van der Waals surface area contributed by atoms with Gasteiger partial charge in [0.15, 0.2) is 5.78 Å². The van der Waals surface area contributed by atoms with Gasteiger partial charge in [-0.3, -0.25) is 4.79 Å². The lowest BCUT2D eigenvalue weighted by atomic mass is 9.86. The maximum atomic E-state index is 12.6. The highest BCUT2D eigenvalue weighted by molar-refractivity contribution is 6.03. The Balaban J connectivity index is 2.53. The van der Waals surface area contributed by atoms with Crippen molar-refractivity contribution in [3.05, 3.63) is 33.4 Å². The van der Waals surface area contributed by atoms with Gasteiger partial charge in [-0.05, 0) is 81.8 Å². The second kappa shape index (κ2) is 4.85. The number of carbonyl (C=O) groups is 1. The van der Waals surface area contributed by atoms with Crippen molar-refractivity contribution >= 4 is 5.78 Å². The van der Waals surface area contributed by atoms with E-state index in [4.69, 9.17) is 0 Å². The molecule has 0 radical (unpaired) electrons. The normalized spacial score (nSPS) is 19.3. The number of hydrogen-bond acceptors (Lipinski definition) is 2. The molecule has 1 aliphatic rings. The van der Waals surface area contributed by atoms with E-state index in [-0.39, 0.29) is 11.8 Å². The Morgan fingerprint density at radius 1 is 0.944 bits per heavy atom. The van der Waals surface area contributed by atoms with Gasteiger partial charge in [0.1, 0.15) is 0 Å². The minimum atomic E-state index is 0.0314. The topological polar surface area (TPSA) is 29.1 Å². The summed E-state index contributed by atoms with van der Waals surface area (Å²) < 4.78 is 0. The lowest BCUT2D eigenvalue weighted by Gasteiger charge is -2.20. The molecule has 1 fully saturated rings. The molecule has 0 spiro atoms. The van der Waals surface area contributed by atoms with Gasteiger partial charge in [-0.15, -0.1) is 0 Å². The number of nitrogens with one attached hydrogen (secondary N) is 1. The minimum Gasteiger partial charge on any atom is -0.307 e. The van der Waals surface area contributed by atoms with Gasteiger partial charge >= 0.3 is 0 Å². The smallest absolute Gasteiger partial charge is 0.180 e. The van der Waals surface area contributed by atoms with Gasteiger partial charge in [0.25, 0.3) is 0 Å². The third kappa shape index (κ3) is 1.99. The molecule has 1 aromatic carbocycles. The lowest BCUT2D eigenvalue weighted by Crippen LogP contribution is -2.32. The highest BCUT2D eigenvalue weighted by atomic mass is 16.1. The summed E-state index contributed by atoms with van der Waals surface area (Å²) in [6.07, 6.45) is 2.09. The first kappa shape index (κ1) is 13.3. The van der Waals surface area contributed by atoms with Crippen LogP contribution in [0.25, 0.3) is 0 Å². The molecule has 1 unspecified atom stereocenters. The Morgan fingerprint density at radius 3 is 1.89 bits per heavy atom. The molecule has 1 saturated heterocycles. The zero-order chi connectivity index (χ0) is 13.4. The molecular formula is C16H23NO. The van der Waals surface area contributed by atoms with Crippen LogP contribution >= 0.6 is 0 Å². The second-order valence-corrected chi connectivity index (χ2v) is 5.51. The third-order valence-electron chi connectivity index (χ3n) is 4.62. The van der Waals surface area contributed by atoms with Crippen molar-refractivity contribution < 1.29 is 4.79 Å². The van der Waals surface area contributed by atoms with E-state index in [2.05, 4.69) is 39.9 Å². The molecule has 2 heteroatoms. The maximum absolute atomic E-state index is 12.6. The van der Waals surface area contributed by atoms with Crippen LogP contribution in [-0.4, -0.2) is 18.4 Å². The predicted octanol–water partition coefficient (Wildman–Crippen LogP) is 3.16. The standard InChI is InChI=1S/C16H23NO/c1-9-10(2)12(4)15(13(5)11(9)3)16(18)14-7-6-8-17-14/h14,17H,6-8H2,1-5H3. The number of rotatable bonds is 2. The highest BCUT2D eigenvalue weighted by Crippen LogP contribution is 2.28. The van der Waals surface area contributed by atoms with Crippen molar-refractivity contribution in [1.82, 2.24) is 5.32 Å². The average Bonchev–Trinajstić information content (AvgIpc) is 2.88. The van der Waals surface area contributed by atoms with Gasteiger partial charge in [-0.25, -0.2) is 0 Å². The van der Waals surface area contributed by atoms with Crippen LogP contribution in [0.15, 0.2) is 0 Å². The summed E-state index contributed by atoms with van der Waals surface area (Å²) in [5.74, 6) is 0.286. The van der Waals surface area contributed by atoms with Gasteiger partial charge < -0.3 is 5.32 Å². The lowest BCUT2D eigenvalue weighted by molar-refractivity contribution is 0.0951. The van der Waals surface area contributed by atoms with E-state index in [9.17, 15) is 4.79 Å². The van der Waals surface area contributed by atoms with Gasteiger partial charge in [0.05, 0.1) is 6.04 Å². The van der Waals surface area contributed by atoms with E-state index in [0.29, 0.717) is 0 Å². The van der Waals surface area contributed by atoms with Crippen molar-refractivity contribution in [2.45, 2.75) is 53.5 Å². The zero-order valence-corrected chi connectivity index (χ0v) is 12.1. The number of hydrogen-bond donors (Lipinski definition) is 1. The first-order valence-corrected chi connectivity index (χ1v) is 6.79.